The van der Waals surface area contributed by atoms with Gasteiger partial charge in [-0.05, 0) is 35.2 Å². The number of benzene rings is 2. The van der Waals surface area contributed by atoms with Crippen molar-refractivity contribution in [3.8, 4) is 5.75 Å². The first-order valence-corrected chi connectivity index (χ1v) is 8.58. The van der Waals surface area contributed by atoms with Crippen LogP contribution >= 0.6 is 0 Å². The second kappa shape index (κ2) is 6.89. The lowest BCUT2D eigenvalue weighted by Crippen LogP contribution is -2.26. The molecule has 132 valence electrons. The molecule has 1 fully saturated rings. The van der Waals surface area contributed by atoms with E-state index in [2.05, 4.69) is 20.8 Å². The number of hydrogen-bond acceptors (Lipinski definition) is 3. The van der Waals surface area contributed by atoms with E-state index in [0.29, 0.717) is 12.2 Å². The first-order chi connectivity index (χ1) is 11.9. The summed E-state index contributed by atoms with van der Waals surface area (Å²) < 4.78 is 11.2. The largest absolute Gasteiger partial charge is 0.490 e. The molecule has 0 spiro atoms. The summed E-state index contributed by atoms with van der Waals surface area (Å²) in [5.74, 6) is 0.703. The van der Waals surface area contributed by atoms with Gasteiger partial charge in [0, 0.05) is 18.3 Å². The van der Waals surface area contributed by atoms with Crippen LogP contribution in [0.2, 0.25) is 0 Å². The maximum atomic E-state index is 12.9. The van der Waals surface area contributed by atoms with Crippen LogP contribution in [-0.2, 0) is 10.2 Å². The number of anilines is 1. The van der Waals surface area contributed by atoms with Crippen molar-refractivity contribution < 1.29 is 14.3 Å². The molecule has 1 heterocycles. The molecule has 1 atom stereocenters. The zero-order chi connectivity index (χ0) is 18.0. The van der Waals surface area contributed by atoms with E-state index in [1.807, 2.05) is 48.5 Å². The Morgan fingerprint density at radius 3 is 2.48 bits per heavy atom. The molecule has 4 nitrogen and oxygen atoms in total. The van der Waals surface area contributed by atoms with Gasteiger partial charge in [0.25, 0.3) is 5.91 Å². The van der Waals surface area contributed by atoms with E-state index >= 15 is 0 Å². The Morgan fingerprint density at radius 1 is 1.20 bits per heavy atom. The molecule has 0 radical (unpaired) electrons. The number of para-hydroxylation sites is 1. The minimum atomic E-state index is -0.0628. The number of epoxide rings is 1. The summed E-state index contributed by atoms with van der Waals surface area (Å²) in [7, 11) is 1.79. The van der Waals surface area contributed by atoms with Crippen LogP contribution in [0.15, 0.2) is 48.5 Å². The second-order valence-electron chi connectivity index (χ2n) is 7.43. The van der Waals surface area contributed by atoms with Crippen molar-refractivity contribution in [3.05, 3.63) is 59.7 Å². The molecule has 1 aliphatic heterocycles. The number of hydrogen-bond donors (Lipinski definition) is 0. The molecule has 4 heteroatoms. The van der Waals surface area contributed by atoms with Gasteiger partial charge in [-0.2, -0.15) is 0 Å². The van der Waals surface area contributed by atoms with Crippen molar-refractivity contribution >= 4 is 11.6 Å². The van der Waals surface area contributed by atoms with Crippen LogP contribution < -0.4 is 9.64 Å². The van der Waals surface area contributed by atoms with Gasteiger partial charge in [0.2, 0.25) is 0 Å². The molecule has 1 aliphatic rings. The Labute approximate surface area is 149 Å². The molecular weight excluding hydrogens is 314 g/mol. The van der Waals surface area contributed by atoms with Gasteiger partial charge < -0.3 is 14.4 Å². The Bertz CT molecular complexity index is 745. The smallest absolute Gasteiger partial charge is 0.258 e. The van der Waals surface area contributed by atoms with Crippen LogP contribution in [0.3, 0.4) is 0 Å². The van der Waals surface area contributed by atoms with Gasteiger partial charge in [-0.1, -0.05) is 45.0 Å². The van der Waals surface area contributed by atoms with Crippen LogP contribution in [0, 0.1) is 0 Å². The molecule has 1 unspecified atom stereocenters. The summed E-state index contributed by atoms with van der Waals surface area (Å²) in [5.41, 5.74) is 2.51. The first kappa shape index (κ1) is 17.5. The van der Waals surface area contributed by atoms with E-state index in [0.717, 1.165) is 23.6 Å². The minimum absolute atomic E-state index is 0.0563. The molecule has 0 saturated carbocycles. The second-order valence-corrected chi connectivity index (χ2v) is 7.43. The predicted molar refractivity (Wildman–Crippen MR) is 99.6 cm³/mol. The lowest BCUT2D eigenvalue weighted by Gasteiger charge is -2.24. The van der Waals surface area contributed by atoms with Crippen LogP contribution in [-0.4, -0.2) is 32.3 Å². The van der Waals surface area contributed by atoms with Gasteiger partial charge in [0.1, 0.15) is 18.5 Å². The molecule has 2 aromatic rings. The van der Waals surface area contributed by atoms with Gasteiger partial charge in [0.15, 0.2) is 0 Å². The van der Waals surface area contributed by atoms with Crippen molar-refractivity contribution in [2.45, 2.75) is 32.3 Å². The Morgan fingerprint density at radius 2 is 1.88 bits per heavy atom. The average Bonchev–Trinajstić information content (AvgIpc) is 3.42. The van der Waals surface area contributed by atoms with Crippen molar-refractivity contribution in [1.82, 2.24) is 0 Å². The fraction of sp³-hybridized carbons (Fsp3) is 0.381. The Balaban J connectivity index is 1.87. The highest BCUT2D eigenvalue weighted by Crippen LogP contribution is 2.33. The van der Waals surface area contributed by atoms with E-state index in [9.17, 15) is 4.79 Å². The highest BCUT2D eigenvalue weighted by atomic mass is 16.6. The van der Waals surface area contributed by atoms with Crippen molar-refractivity contribution in [2.75, 3.05) is 25.2 Å². The van der Waals surface area contributed by atoms with Gasteiger partial charge >= 0.3 is 0 Å². The summed E-state index contributed by atoms with van der Waals surface area (Å²) in [6, 6.07) is 15.3. The maximum Gasteiger partial charge on any atom is 0.258 e. The summed E-state index contributed by atoms with van der Waals surface area (Å²) in [6.07, 6.45) is 0.180. The van der Waals surface area contributed by atoms with E-state index in [1.54, 1.807) is 11.9 Å². The number of carbonyl (C=O) groups is 1. The molecule has 0 aromatic heterocycles. The highest BCUT2D eigenvalue weighted by Gasteiger charge is 2.26. The Hall–Kier alpha value is -2.33. The monoisotopic (exact) mass is 339 g/mol. The summed E-state index contributed by atoms with van der Waals surface area (Å²) in [6.45, 7) is 7.69. The number of rotatable bonds is 5. The van der Waals surface area contributed by atoms with E-state index in [1.165, 1.54) is 0 Å². The molecule has 0 bridgehead atoms. The van der Waals surface area contributed by atoms with E-state index in [-0.39, 0.29) is 17.4 Å². The lowest BCUT2D eigenvalue weighted by molar-refractivity contribution is 0.0992. The van der Waals surface area contributed by atoms with Crippen molar-refractivity contribution in [1.29, 1.82) is 0 Å². The molecule has 25 heavy (non-hydrogen) atoms. The third-order valence-corrected chi connectivity index (χ3v) is 4.31. The molecule has 1 saturated heterocycles. The molecule has 1 amide bonds. The topological polar surface area (TPSA) is 42.1 Å². The zero-order valence-electron chi connectivity index (χ0n) is 15.3. The summed E-state index contributed by atoms with van der Waals surface area (Å²) >= 11 is 0. The van der Waals surface area contributed by atoms with E-state index in [4.69, 9.17) is 9.47 Å². The Kier molecular flexibility index (Phi) is 4.82. The van der Waals surface area contributed by atoms with E-state index < -0.39 is 0 Å². The zero-order valence-corrected chi connectivity index (χ0v) is 15.3. The fourth-order valence-corrected chi connectivity index (χ4v) is 2.70. The molecule has 2 aromatic carbocycles. The third kappa shape index (κ3) is 4.20. The summed E-state index contributed by atoms with van der Waals surface area (Å²) in [5, 5.41) is 0. The van der Waals surface area contributed by atoms with Crippen molar-refractivity contribution in [3.63, 3.8) is 0 Å². The highest BCUT2D eigenvalue weighted by molar-refractivity contribution is 6.06. The van der Waals surface area contributed by atoms with Crippen LogP contribution in [0.4, 0.5) is 5.69 Å². The fourth-order valence-electron chi connectivity index (χ4n) is 2.70. The average molecular weight is 339 g/mol. The molecular formula is C21H25NO3. The van der Waals surface area contributed by atoms with Crippen LogP contribution in [0.25, 0.3) is 0 Å². The minimum Gasteiger partial charge on any atom is -0.490 e. The first-order valence-electron chi connectivity index (χ1n) is 8.58. The normalized spacial score (nSPS) is 16.4. The number of amides is 1. The van der Waals surface area contributed by atoms with Crippen LogP contribution in [0.5, 0.6) is 5.75 Å². The molecule has 0 aliphatic carbocycles. The SMILES string of the molecule is CN(C(=O)c1ccc(C(C)(C)C)c(OCC2CO2)c1)c1ccccc1. The van der Waals surface area contributed by atoms with Gasteiger partial charge in [-0.25, -0.2) is 0 Å². The van der Waals surface area contributed by atoms with Gasteiger partial charge in [-0.15, -0.1) is 0 Å². The van der Waals surface area contributed by atoms with Gasteiger partial charge in [0.05, 0.1) is 6.61 Å². The summed E-state index contributed by atoms with van der Waals surface area (Å²) in [4.78, 5) is 14.5. The predicted octanol–water partition coefficient (Wildman–Crippen LogP) is 4.04. The maximum absolute atomic E-state index is 12.9. The van der Waals surface area contributed by atoms with Crippen molar-refractivity contribution in [2.24, 2.45) is 0 Å². The number of carbonyl (C=O) groups excluding carboxylic acids is 1. The quantitative estimate of drug-likeness (QED) is 0.772. The van der Waals surface area contributed by atoms with Crippen LogP contribution in [0.1, 0.15) is 36.7 Å². The molecule has 3 rings (SSSR count). The third-order valence-electron chi connectivity index (χ3n) is 4.31. The molecule has 0 N–H and O–H groups in total. The number of ether oxygens (including phenoxy) is 2. The number of nitrogens with zero attached hydrogens (tertiary/aromatic N) is 1. The van der Waals surface area contributed by atoms with Gasteiger partial charge in [-0.3, -0.25) is 4.79 Å². The standard InChI is InChI=1S/C21H25NO3/c1-21(2,3)18-11-10-15(12-19(18)25-14-17-13-24-17)20(23)22(4)16-8-6-5-7-9-16/h5-12,17H,13-14H2,1-4H3. The lowest BCUT2D eigenvalue weighted by atomic mass is 9.85.